The summed E-state index contributed by atoms with van der Waals surface area (Å²) in [4.78, 5) is 11.2. The van der Waals surface area contributed by atoms with Crippen molar-refractivity contribution < 1.29 is 23.8 Å². The molecule has 0 amide bonds. The Morgan fingerprint density at radius 3 is 2.65 bits per heavy atom. The van der Waals surface area contributed by atoms with Crippen LogP contribution < -0.4 is 4.74 Å². The Balaban J connectivity index is 2.97. The van der Waals surface area contributed by atoms with Crippen LogP contribution in [0.4, 0.5) is 4.39 Å². The molecule has 0 saturated carbocycles. The van der Waals surface area contributed by atoms with E-state index in [9.17, 15) is 14.3 Å². The van der Waals surface area contributed by atoms with E-state index in [2.05, 4.69) is 0 Å². The van der Waals surface area contributed by atoms with Gasteiger partial charge in [-0.15, -0.1) is 0 Å². The van der Waals surface area contributed by atoms with Crippen LogP contribution in [0.1, 0.15) is 33.3 Å². The maximum atomic E-state index is 14.2. The molecule has 0 saturated heterocycles. The highest BCUT2D eigenvalue weighted by Gasteiger charge is 2.23. The second-order valence-electron chi connectivity index (χ2n) is 4.79. The Labute approximate surface area is 117 Å². The van der Waals surface area contributed by atoms with Crippen molar-refractivity contribution in [2.75, 3.05) is 6.61 Å². The molecule has 0 aromatic heterocycles. The van der Waals surface area contributed by atoms with Crippen LogP contribution in [-0.2, 0) is 15.1 Å². The van der Waals surface area contributed by atoms with Crippen LogP contribution in [-0.4, -0.2) is 17.7 Å². The Hall–Kier alpha value is -1.88. The number of esters is 1. The predicted octanol–water partition coefficient (Wildman–Crippen LogP) is 2.90. The quantitative estimate of drug-likeness (QED) is 0.512. The normalized spacial score (nSPS) is 12.2. The third kappa shape index (κ3) is 4.35. The molecule has 4 nitrogen and oxygen atoms in total. The Morgan fingerprint density at radius 2 is 2.10 bits per heavy atom. The Bertz CT molecular complexity index is 515. The maximum Gasteiger partial charge on any atom is 0.334 e. The number of allylic oxidation sites excluding steroid dienone is 1. The highest BCUT2D eigenvalue weighted by molar-refractivity contribution is 5.82. The highest BCUT2D eigenvalue weighted by Crippen LogP contribution is 2.29. The molecule has 0 aliphatic heterocycles. The van der Waals surface area contributed by atoms with Crippen molar-refractivity contribution in [2.24, 2.45) is 0 Å². The van der Waals surface area contributed by atoms with Gasteiger partial charge in [-0.1, -0.05) is 12.1 Å². The summed E-state index contributed by atoms with van der Waals surface area (Å²) in [5.74, 6) is -1.06. The van der Waals surface area contributed by atoms with Crippen molar-refractivity contribution in [3.8, 4) is 5.75 Å². The van der Waals surface area contributed by atoms with Crippen LogP contribution in [0.15, 0.2) is 30.0 Å². The lowest BCUT2D eigenvalue weighted by atomic mass is 9.97. The Kier molecular flexibility index (Phi) is 5.27. The lowest BCUT2D eigenvalue weighted by molar-refractivity contribution is -0.137. The SMILES string of the molecule is CCOC(=O)C=C(C)Oc1cccc(C(C)(C)O)c1F. The number of halogens is 1. The third-order valence-corrected chi connectivity index (χ3v) is 2.50. The lowest BCUT2D eigenvalue weighted by Crippen LogP contribution is -2.18. The molecule has 0 heterocycles. The van der Waals surface area contributed by atoms with E-state index in [1.165, 1.54) is 32.9 Å². The van der Waals surface area contributed by atoms with Crippen LogP contribution in [0.5, 0.6) is 5.75 Å². The van der Waals surface area contributed by atoms with Crippen LogP contribution in [0, 0.1) is 5.82 Å². The number of hydrogen-bond donors (Lipinski definition) is 1. The van der Waals surface area contributed by atoms with E-state index in [-0.39, 0.29) is 23.7 Å². The van der Waals surface area contributed by atoms with Gasteiger partial charge in [0.2, 0.25) is 0 Å². The minimum absolute atomic E-state index is 0.0531. The van der Waals surface area contributed by atoms with Gasteiger partial charge in [-0.25, -0.2) is 9.18 Å². The fourth-order valence-corrected chi connectivity index (χ4v) is 1.61. The molecular formula is C15H19FO4. The van der Waals surface area contributed by atoms with Gasteiger partial charge < -0.3 is 14.6 Å². The Morgan fingerprint density at radius 1 is 1.45 bits per heavy atom. The second-order valence-corrected chi connectivity index (χ2v) is 4.79. The number of benzene rings is 1. The average molecular weight is 282 g/mol. The van der Waals surface area contributed by atoms with Gasteiger partial charge in [-0.05, 0) is 33.8 Å². The van der Waals surface area contributed by atoms with Gasteiger partial charge >= 0.3 is 5.97 Å². The molecule has 1 N–H and O–H groups in total. The summed E-state index contributed by atoms with van der Waals surface area (Å²) in [6.45, 7) is 6.43. The summed E-state index contributed by atoms with van der Waals surface area (Å²) < 4.78 is 24.2. The number of carbonyl (C=O) groups excluding carboxylic acids is 1. The lowest BCUT2D eigenvalue weighted by Gasteiger charge is -2.19. The van der Waals surface area contributed by atoms with Crippen molar-refractivity contribution in [3.63, 3.8) is 0 Å². The van der Waals surface area contributed by atoms with Crippen molar-refractivity contribution in [3.05, 3.63) is 41.4 Å². The van der Waals surface area contributed by atoms with E-state index in [0.717, 1.165) is 6.08 Å². The molecule has 0 unspecified atom stereocenters. The van der Waals surface area contributed by atoms with Crippen molar-refractivity contribution >= 4 is 5.97 Å². The largest absolute Gasteiger partial charge is 0.463 e. The first-order valence-corrected chi connectivity index (χ1v) is 6.30. The molecule has 20 heavy (non-hydrogen) atoms. The molecule has 0 radical (unpaired) electrons. The van der Waals surface area contributed by atoms with Gasteiger partial charge in [0.25, 0.3) is 0 Å². The predicted molar refractivity (Wildman–Crippen MR) is 72.7 cm³/mol. The number of rotatable bonds is 5. The molecule has 0 aliphatic carbocycles. The average Bonchev–Trinajstić information content (AvgIpc) is 2.30. The van der Waals surface area contributed by atoms with E-state index in [1.54, 1.807) is 13.0 Å². The maximum absolute atomic E-state index is 14.2. The van der Waals surface area contributed by atoms with E-state index in [1.807, 2.05) is 0 Å². The summed E-state index contributed by atoms with van der Waals surface area (Å²) in [5, 5.41) is 9.86. The van der Waals surface area contributed by atoms with E-state index in [4.69, 9.17) is 9.47 Å². The van der Waals surface area contributed by atoms with E-state index < -0.39 is 17.4 Å². The number of ether oxygens (including phenoxy) is 2. The van der Waals surface area contributed by atoms with Crippen LogP contribution in [0.3, 0.4) is 0 Å². The van der Waals surface area contributed by atoms with Crippen LogP contribution in [0.25, 0.3) is 0 Å². The molecule has 110 valence electrons. The zero-order chi connectivity index (χ0) is 15.3. The number of aliphatic hydroxyl groups is 1. The molecule has 0 spiro atoms. The van der Waals surface area contributed by atoms with Gasteiger partial charge in [0.15, 0.2) is 11.6 Å². The highest BCUT2D eigenvalue weighted by atomic mass is 19.1. The molecule has 5 heteroatoms. The van der Waals surface area contributed by atoms with Crippen molar-refractivity contribution in [1.29, 1.82) is 0 Å². The zero-order valence-corrected chi connectivity index (χ0v) is 12.1. The number of hydrogen-bond acceptors (Lipinski definition) is 4. The summed E-state index contributed by atoms with van der Waals surface area (Å²) >= 11 is 0. The van der Waals surface area contributed by atoms with Gasteiger partial charge in [0.05, 0.1) is 18.3 Å². The minimum atomic E-state index is -1.32. The topological polar surface area (TPSA) is 55.8 Å². The van der Waals surface area contributed by atoms with Gasteiger partial charge in [0.1, 0.15) is 5.76 Å². The summed E-state index contributed by atoms with van der Waals surface area (Å²) in [5.41, 5.74) is -1.19. The number of carbonyl (C=O) groups is 1. The fourth-order valence-electron chi connectivity index (χ4n) is 1.61. The summed E-state index contributed by atoms with van der Waals surface area (Å²) in [7, 11) is 0. The summed E-state index contributed by atoms with van der Waals surface area (Å²) in [6, 6.07) is 4.48. The molecule has 0 fully saturated rings. The first-order chi connectivity index (χ1) is 9.25. The smallest absolute Gasteiger partial charge is 0.334 e. The van der Waals surface area contributed by atoms with Gasteiger partial charge in [-0.2, -0.15) is 0 Å². The van der Waals surface area contributed by atoms with Crippen molar-refractivity contribution in [1.82, 2.24) is 0 Å². The molecule has 1 rings (SSSR count). The molecule has 0 bridgehead atoms. The third-order valence-electron chi connectivity index (χ3n) is 2.50. The molecule has 0 atom stereocenters. The first kappa shape index (κ1) is 16.2. The molecule has 1 aromatic carbocycles. The van der Waals surface area contributed by atoms with Crippen molar-refractivity contribution in [2.45, 2.75) is 33.3 Å². The zero-order valence-electron chi connectivity index (χ0n) is 12.1. The minimum Gasteiger partial charge on any atom is -0.463 e. The summed E-state index contributed by atoms with van der Waals surface area (Å²) in [6.07, 6.45) is 1.14. The molecule has 1 aromatic rings. The second kappa shape index (κ2) is 6.52. The molecular weight excluding hydrogens is 263 g/mol. The van der Waals surface area contributed by atoms with Gasteiger partial charge in [0, 0.05) is 5.56 Å². The monoisotopic (exact) mass is 282 g/mol. The van der Waals surface area contributed by atoms with E-state index >= 15 is 0 Å². The molecule has 0 aliphatic rings. The van der Waals surface area contributed by atoms with Gasteiger partial charge in [-0.3, -0.25) is 0 Å². The van der Waals surface area contributed by atoms with Crippen LogP contribution in [0.2, 0.25) is 0 Å². The first-order valence-electron chi connectivity index (χ1n) is 6.30. The van der Waals surface area contributed by atoms with Crippen LogP contribution >= 0.6 is 0 Å². The fraction of sp³-hybridized carbons (Fsp3) is 0.400. The van der Waals surface area contributed by atoms with E-state index in [0.29, 0.717) is 0 Å². The standard InChI is InChI=1S/C15H19FO4/c1-5-19-13(17)9-10(2)20-12-8-6-7-11(14(12)16)15(3,4)18/h6-9,18H,5H2,1-4H3.